The van der Waals surface area contributed by atoms with E-state index < -0.39 is 0 Å². The molecule has 0 aliphatic rings. The first-order valence-electron chi connectivity index (χ1n) is 0. The quantitative estimate of drug-likeness (QED) is 0.382. The van der Waals surface area contributed by atoms with Gasteiger partial charge in [0.05, 0.1) is 0 Å². The van der Waals surface area contributed by atoms with E-state index in [9.17, 15) is 0 Å². The molecule has 0 spiro atoms. The molecule has 0 radical (unpaired) electrons. The summed E-state index contributed by atoms with van der Waals surface area (Å²) in [6, 6.07) is 0. The summed E-state index contributed by atoms with van der Waals surface area (Å²) in [4.78, 5) is 0. The van der Waals surface area contributed by atoms with Gasteiger partial charge in [0.15, 0.2) is 0 Å². The molecule has 0 fully saturated rings. The molecule has 0 atom stereocenters. The van der Waals surface area contributed by atoms with Crippen molar-refractivity contribution >= 4 is 0 Å². The normalized spacial score (nSPS) is 0. The van der Waals surface area contributed by atoms with Crippen LogP contribution in [-0.4, -0.2) is 0 Å². The fourth-order valence-corrected chi connectivity index (χ4v) is 0. The standard InChI is InChI=1S/Ir.6H3N/h;6*1H3/q+3;;;;;;. The summed E-state index contributed by atoms with van der Waals surface area (Å²) < 4.78 is 0. The van der Waals surface area contributed by atoms with Crippen LogP contribution in [0.4, 0.5) is 0 Å². The van der Waals surface area contributed by atoms with Crippen LogP contribution in [0.15, 0.2) is 0 Å². The van der Waals surface area contributed by atoms with E-state index in [1.807, 2.05) is 0 Å². The van der Waals surface area contributed by atoms with Crippen molar-refractivity contribution in [1.82, 2.24) is 36.9 Å². The van der Waals surface area contributed by atoms with Crippen LogP contribution in [0.25, 0.3) is 0 Å². The summed E-state index contributed by atoms with van der Waals surface area (Å²) in [6.07, 6.45) is 0. The predicted molar refractivity (Wildman–Crippen MR) is 30.1 cm³/mol. The third-order valence-electron chi connectivity index (χ3n) is 0. The zero-order valence-electron chi connectivity index (χ0n) is 4.58. The molecule has 0 rings (SSSR count). The van der Waals surface area contributed by atoms with Crippen LogP contribution in [0.3, 0.4) is 0 Å². The molecule has 0 heterocycles. The molecule has 0 aliphatic carbocycles. The van der Waals surface area contributed by atoms with Gasteiger partial charge in [-0.2, -0.15) is 0 Å². The van der Waals surface area contributed by atoms with Crippen molar-refractivity contribution in [3.05, 3.63) is 0 Å². The second-order valence-electron chi connectivity index (χ2n) is 0. The second kappa shape index (κ2) is 1120. The first-order chi connectivity index (χ1) is 0. The van der Waals surface area contributed by atoms with Gasteiger partial charge in [-0.1, -0.05) is 0 Å². The summed E-state index contributed by atoms with van der Waals surface area (Å²) in [5.74, 6) is 0. The molecule has 0 unspecified atom stereocenters. The minimum absolute atomic E-state index is 0. The molecular formula is H18IrN6+3. The van der Waals surface area contributed by atoms with Crippen LogP contribution < -0.4 is 36.9 Å². The Morgan fingerprint density at radius 2 is 0.286 bits per heavy atom. The smallest absolute Gasteiger partial charge is 0.344 e. The average molecular weight is 294 g/mol. The molecule has 0 aromatic heterocycles. The van der Waals surface area contributed by atoms with E-state index in [0.717, 1.165) is 0 Å². The summed E-state index contributed by atoms with van der Waals surface area (Å²) in [6.45, 7) is 0. The van der Waals surface area contributed by atoms with Crippen molar-refractivity contribution in [3.8, 4) is 0 Å². The van der Waals surface area contributed by atoms with Crippen molar-refractivity contribution < 1.29 is 20.1 Å². The predicted octanol–water partition coefficient (Wildman–Crippen LogP) is 0.969. The number of hydrogen-bond acceptors (Lipinski definition) is 6. The summed E-state index contributed by atoms with van der Waals surface area (Å²) in [7, 11) is 0. The van der Waals surface area contributed by atoms with Gasteiger partial charge < -0.3 is 36.9 Å². The van der Waals surface area contributed by atoms with Crippen molar-refractivity contribution in [2.45, 2.75) is 0 Å². The van der Waals surface area contributed by atoms with Gasteiger partial charge >= 0.3 is 20.1 Å². The Hall–Kier alpha value is 0.409. The zero-order chi connectivity index (χ0) is 0. The van der Waals surface area contributed by atoms with E-state index in [1.165, 1.54) is 0 Å². The van der Waals surface area contributed by atoms with Gasteiger partial charge in [0.2, 0.25) is 0 Å². The van der Waals surface area contributed by atoms with Crippen LogP contribution in [0.5, 0.6) is 0 Å². The third-order valence-corrected chi connectivity index (χ3v) is 0. The monoisotopic (exact) mass is 295 g/mol. The van der Waals surface area contributed by atoms with Crippen molar-refractivity contribution in [2.24, 2.45) is 0 Å². The molecule has 0 aromatic carbocycles. The first kappa shape index (κ1) is 1820. The molecule has 7 heteroatoms. The molecule has 18 N–H and O–H groups in total. The Bertz CT molecular complexity index is 4.14. The average Bonchev–Trinajstić information content (AvgIpc) is 0. The van der Waals surface area contributed by atoms with E-state index >= 15 is 0 Å². The molecule has 0 saturated carbocycles. The first-order valence-corrected chi connectivity index (χ1v) is 0. The van der Waals surface area contributed by atoms with E-state index in [4.69, 9.17) is 0 Å². The largest absolute Gasteiger partial charge is 3.00 e. The Labute approximate surface area is 57.7 Å². The fourth-order valence-electron chi connectivity index (χ4n) is 0. The summed E-state index contributed by atoms with van der Waals surface area (Å²) in [5, 5.41) is 0. The minimum Gasteiger partial charge on any atom is -0.344 e. The van der Waals surface area contributed by atoms with E-state index in [0.29, 0.717) is 0 Å². The van der Waals surface area contributed by atoms with Gasteiger partial charge in [0, 0.05) is 0 Å². The molecule has 0 saturated heterocycles. The Morgan fingerprint density at radius 3 is 0.286 bits per heavy atom. The summed E-state index contributed by atoms with van der Waals surface area (Å²) >= 11 is 0. The minimum atomic E-state index is 0. The molecule has 0 aromatic rings. The molecule has 0 amide bonds. The molecule has 54 valence electrons. The SMILES string of the molecule is N.N.N.N.N.N.[Ir+3]. The van der Waals surface area contributed by atoms with Crippen molar-refractivity contribution in [3.63, 3.8) is 0 Å². The molecule has 7 heavy (non-hydrogen) atoms. The van der Waals surface area contributed by atoms with Gasteiger partial charge in [-0.05, 0) is 0 Å². The van der Waals surface area contributed by atoms with E-state index in [1.54, 1.807) is 0 Å². The molecule has 0 aliphatic heterocycles. The van der Waals surface area contributed by atoms with Crippen molar-refractivity contribution in [2.75, 3.05) is 0 Å². The maximum atomic E-state index is 0. The molecule has 0 bridgehead atoms. The van der Waals surface area contributed by atoms with Gasteiger partial charge in [-0.15, -0.1) is 0 Å². The fraction of sp³-hybridized carbons (Fsp3) is 0. The van der Waals surface area contributed by atoms with Gasteiger partial charge in [-0.25, -0.2) is 0 Å². The van der Waals surface area contributed by atoms with Crippen LogP contribution in [0.2, 0.25) is 0 Å². The maximum Gasteiger partial charge on any atom is 3.00 e. The van der Waals surface area contributed by atoms with E-state index in [-0.39, 0.29) is 57.0 Å². The van der Waals surface area contributed by atoms with Crippen molar-refractivity contribution in [1.29, 1.82) is 0 Å². The summed E-state index contributed by atoms with van der Waals surface area (Å²) in [5.41, 5.74) is 0. The van der Waals surface area contributed by atoms with Crippen LogP contribution in [0.1, 0.15) is 0 Å². The maximum absolute atomic E-state index is 0. The third kappa shape index (κ3) is 744. The van der Waals surface area contributed by atoms with Crippen LogP contribution >= 0.6 is 0 Å². The Balaban J connectivity index is 0. The van der Waals surface area contributed by atoms with Gasteiger partial charge in [0.1, 0.15) is 0 Å². The Morgan fingerprint density at radius 1 is 0.286 bits per heavy atom. The van der Waals surface area contributed by atoms with E-state index in [2.05, 4.69) is 0 Å². The molecular weight excluding hydrogens is 276 g/mol. The molecule has 6 nitrogen and oxygen atoms in total. The van der Waals surface area contributed by atoms with Gasteiger partial charge in [-0.3, -0.25) is 0 Å². The van der Waals surface area contributed by atoms with Gasteiger partial charge in [0.25, 0.3) is 0 Å². The topological polar surface area (TPSA) is 210 Å². The van der Waals surface area contributed by atoms with Crippen LogP contribution in [0, 0.1) is 0 Å². The zero-order valence-corrected chi connectivity index (χ0v) is 6.97. The Kier molecular flexibility index (Phi) is 290000. The van der Waals surface area contributed by atoms with Crippen LogP contribution in [-0.2, 0) is 20.1 Å². The number of hydrogen-bond donors (Lipinski definition) is 6. The number of rotatable bonds is 0. The second-order valence-corrected chi connectivity index (χ2v) is 0.